The highest BCUT2D eigenvalue weighted by Crippen LogP contribution is 2.33. The maximum Gasteiger partial charge on any atom is 0.257 e. The summed E-state index contributed by atoms with van der Waals surface area (Å²) in [6, 6.07) is 24.7. The molecule has 158 valence electrons. The highest BCUT2D eigenvalue weighted by molar-refractivity contribution is 7.18. The average Bonchev–Trinajstić information content (AvgIpc) is 3.28. The number of nitrogens with one attached hydrogen (secondary N) is 1. The van der Waals surface area contributed by atoms with Crippen LogP contribution in [0.1, 0.15) is 49.6 Å². The first-order valence-electron chi connectivity index (χ1n) is 10.8. The number of amides is 1. The first-order valence-corrected chi connectivity index (χ1v) is 11.6. The highest BCUT2D eigenvalue weighted by Gasteiger charge is 2.22. The van der Waals surface area contributed by atoms with Gasteiger partial charge in [0.25, 0.3) is 5.91 Å². The standard InChI is InChI=1S/C27H22N2O2S/c30-24(20-12-5-2-6-13-20)25-23(19-10-3-1-4-11-19)28-27(32-25)29-26(31)22-16-15-18-9-7-8-14-21(18)17-22/h1-6,10-13,15-17H,7-9,14H2,(H,28,29,31). The van der Waals surface area contributed by atoms with E-state index in [1.165, 1.54) is 28.9 Å². The molecule has 4 nitrogen and oxygen atoms in total. The number of fused-ring (bicyclic) bond motifs is 1. The summed E-state index contributed by atoms with van der Waals surface area (Å²) in [7, 11) is 0. The molecule has 0 unspecified atom stereocenters. The molecule has 1 aromatic heterocycles. The number of carbonyl (C=O) groups is 2. The molecule has 1 aliphatic carbocycles. The summed E-state index contributed by atoms with van der Waals surface area (Å²) in [4.78, 5) is 31.4. The molecule has 5 rings (SSSR count). The predicted molar refractivity (Wildman–Crippen MR) is 128 cm³/mol. The number of nitrogens with zero attached hydrogens (tertiary/aromatic N) is 1. The first kappa shape index (κ1) is 20.3. The molecule has 32 heavy (non-hydrogen) atoms. The molecule has 0 fully saturated rings. The van der Waals surface area contributed by atoms with Crippen LogP contribution in [0.5, 0.6) is 0 Å². The Hall–Kier alpha value is -3.57. The Morgan fingerprint density at radius 2 is 1.47 bits per heavy atom. The van der Waals surface area contributed by atoms with Crippen LogP contribution in [0, 0.1) is 0 Å². The predicted octanol–water partition coefficient (Wildman–Crippen LogP) is 6.17. The lowest BCUT2D eigenvalue weighted by Crippen LogP contribution is -2.13. The minimum absolute atomic E-state index is 0.101. The quantitative estimate of drug-likeness (QED) is 0.379. The van der Waals surface area contributed by atoms with Gasteiger partial charge in [0.15, 0.2) is 5.13 Å². The Balaban J connectivity index is 1.47. The maximum atomic E-state index is 13.2. The first-order chi connectivity index (χ1) is 15.7. The number of thiazole rings is 1. The molecule has 0 bridgehead atoms. The Kier molecular flexibility index (Phi) is 5.65. The third-order valence-corrected chi connectivity index (χ3v) is 6.72. The minimum Gasteiger partial charge on any atom is -0.298 e. The molecule has 0 saturated carbocycles. The minimum atomic E-state index is -0.203. The van der Waals surface area contributed by atoms with Gasteiger partial charge in [0, 0.05) is 16.7 Å². The lowest BCUT2D eigenvalue weighted by Gasteiger charge is -2.16. The number of carbonyl (C=O) groups excluding carboxylic acids is 2. The maximum absolute atomic E-state index is 13.2. The number of anilines is 1. The average molecular weight is 439 g/mol. The molecule has 4 aromatic rings. The molecule has 0 aliphatic heterocycles. The topological polar surface area (TPSA) is 59.1 Å². The van der Waals surface area contributed by atoms with Crippen LogP contribution in [-0.4, -0.2) is 16.7 Å². The number of benzene rings is 3. The van der Waals surface area contributed by atoms with Crippen molar-refractivity contribution in [3.8, 4) is 11.3 Å². The smallest absolute Gasteiger partial charge is 0.257 e. The summed E-state index contributed by atoms with van der Waals surface area (Å²) in [6.07, 6.45) is 4.46. The van der Waals surface area contributed by atoms with Crippen LogP contribution in [0.2, 0.25) is 0 Å². The highest BCUT2D eigenvalue weighted by atomic mass is 32.1. The number of ketones is 1. The zero-order chi connectivity index (χ0) is 21.9. The molecule has 0 saturated heterocycles. The van der Waals surface area contributed by atoms with Crippen molar-refractivity contribution in [2.45, 2.75) is 25.7 Å². The van der Waals surface area contributed by atoms with E-state index in [2.05, 4.69) is 16.4 Å². The molecule has 1 aliphatic rings. The van der Waals surface area contributed by atoms with E-state index in [4.69, 9.17) is 0 Å². The summed E-state index contributed by atoms with van der Waals surface area (Å²) in [6.45, 7) is 0. The van der Waals surface area contributed by atoms with Crippen LogP contribution in [0.15, 0.2) is 78.9 Å². The molecule has 0 spiro atoms. The van der Waals surface area contributed by atoms with Crippen molar-refractivity contribution in [1.82, 2.24) is 4.98 Å². The zero-order valence-corrected chi connectivity index (χ0v) is 18.3. The fraction of sp³-hybridized carbons (Fsp3) is 0.148. The van der Waals surface area contributed by atoms with Crippen LogP contribution >= 0.6 is 11.3 Å². The van der Waals surface area contributed by atoms with Crippen molar-refractivity contribution >= 4 is 28.2 Å². The Bertz CT molecular complexity index is 1280. The van der Waals surface area contributed by atoms with E-state index in [0.717, 1.165) is 24.8 Å². The number of aryl methyl sites for hydroxylation is 2. The van der Waals surface area contributed by atoms with Crippen molar-refractivity contribution < 1.29 is 9.59 Å². The third-order valence-electron chi connectivity index (χ3n) is 5.75. The largest absolute Gasteiger partial charge is 0.298 e. The van der Waals surface area contributed by atoms with E-state index < -0.39 is 0 Å². The van der Waals surface area contributed by atoms with E-state index in [1.54, 1.807) is 12.1 Å². The van der Waals surface area contributed by atoms with Crippen molar-refractivity contribution in [3.05, 3.63) is 106 Å². The van der Waals surface area contributed by atoms with Crippen molar-refractivity contribution in [2.24, 2.45) is 0 Å². The van der Waals surface area contributed by atoms with Gasteiger partial charge in [0.1, 0.15) is 4.88 Å². The molecule has 3 aromatic carbocycles. The number of rotatable bonds is 5. The third kappa shape index (κ3) is 4.12. The lowest BCUT2D eigenvalue weighted by atomic mass is 9.90. The van der Waals surface area contributed by atoms with Gasteiger partial charge in [-0.3, -0.25) is 14.9 Å². The zero-order valence-electron chi connectivity index (χ0n) is 17.5. The van der Waals surface area contributed by atoms with Gasteiger partial charge in [-0.1, -0.05) is 78.1 Å². The Labute approximate surface area is 191 Å². The number of hydrogen-bond donors (Lipinski definition) is 1. The van der Waals surface area contributed by atoms with Crippen LogP contribution < -0.4 is 5.32 Å². The molecule has 1 heterocycles. The van der Waals surface area contributed by atoms with Crippen molar-refractivity contribution in [2.75, 3.05) is 5.32 Å². The van der Waals surface area contributed by atoms with Gasteiger partial charge in [-0.15, -0.1) is 0 Å². The monoisotopic (exact) mass is 438 g/mol. The fourth-order valence-electron chi connectivity index (χ4n) is 4.08. The molecular weight excluding hydrogens is 416 g/mol. The second-order valence-electron chi connectivity index (χ2n) is 7.90. The van der Waals surface area contributed by atoms with E-state index in [0.29, 0.717) is 26.8 Å². The van der Waals surface area contributed by atoms with Crippen LogP contribution in [0.4, 0.5) is 5.13 Å². The van der Waals surface area contributed by atoms with Gasteiger partial charge >= 0.3 is 0 Å². The van der Waals surface area contributed by atoms with E-state index in [1.807, 2.05) is 60.7 Å². The second-order valence-corrected chi connectivity index (χ2v) is 8.90. The molecule has 0 radical (unpaired) electrons. The van der Waals surface area contributed by atoms with E-state index in [9.17, 15) is 9.59 Å². The van der Waals surface area contributed by atoms with Gasteiger partial charge in [-0.2, -0.15) is 0 Å². The fourth-order valence-corrected chi connectivity index (χ4v) is 5.03. The van der Waals surface area contributed by atoms with Crippen LogP contribution in [-0.2, 0) is 12.8 Å². The van der Waals surface area contributed by atoms with Crippen LogP contribution in [0.3, 0.4) is 0 Å². The van der Waals surface area contributed by atoms with E-state index in [-0.39, 0.29) is 11.7 Å². The summed E-state index contributed by atoms with van der Waals surface area (Å²) >= 11 is 1.22. The Morgan fingerprint density at radius 1 is 0.781 bits per heavy atom. The van der Waals surface area contributed by atoms with Crippen molar-refractivity contribution in [1.29, 1.82) is 0 Å². The van der Waals surface area contributed by atoms with E-state index >= 15 is 0 Å². The van der Waals surface area contributed by atoms with Crippen molar-refractivity contribution in [3.63, 3.8) is 0 Å². The summed E-state index contributed by atoms with van der Waals surface area (Å²) in [5.74, 6) is -0.304. The van der Waals surface area contributed by atoms with Gasteiger partial charge in [0.05, 0.1) is 5.69 Å². The molecule has 1 N–H and O–H groups in total. The summed E-state index contributed by atoms with van der Waals surface area (Å²) < 4.78 is 0. The Morgan fingerprint density at radius 3 is 2.22 bits per heavy atom. The summed E-state index contributed by atoms with van der Waals surface area (Å²) in [5.41, 5.74) is 5.25. The SMILES string of the molecule is O=C(Nc1nc(-c2ccccc2)c(C(=O)c2ccccc2)s1)c1ccc2c(c1)CCCC2. The van der Waals surface area contributed by atoms with Gasteiger partial charge in [-0.25, -0.2) is 4.98 Å². The van der Waals surface area contributed by atoms with Gasteiger partial charge in [0.2, 0.25) is 5.78 Å². The van der Waals surface area contributed by atoms with Gasteiger partial charge in [-0.05, 0) is 48.9 Å². The molecule has 5 heteroatoms. The molecular formula is C27H22N2O2S. The molecule has 1 amide bonds. The second kappa shape index (κ2) is 8.89. The summed E-state index contributed by atoms with van der Waals surface area (Å²) in [5, 5.41) is 3.34. The van der Waals surface area contributed by atoms with Crippen LogP contribution in [0.25, 0.3) is 11.3 Å². The number of aromatic nitrogens is 1. The lowest BCUT2D eigenvalue weighted by molar-refractivity contribution is 0.102. The normalized spacial score (nSPS) is 12.8. The van der Waals surface area contributed by atoms with Gasteiger partial charge < -0.3 is 0 Å². The number of hydrogen-bond acceptors (Lipinski definition) is 4. The molecule has 0 atom stereocenters.